The van der Waals surface area contributed by atoms with E-state index in [0.29, 0.717) is 13.0 Å². The third-order valence-electron chi connectivity index (χ3n) is 3.04. The highest BCUT2D eigenvalue weighted by Gasteiger charge is 2.31. The van der Waals surface area contributed by atoms with Gasteiger partial charge in [-0.05, 0) is 18.4 Å². The van der Waals surface area contributed by atoms with Gasteiger partial charge in [-0.25, -0.2) is 0 Å². The number of carbonyl (C=O) groups is 2. The van der Waals surface area contributed by atoms with E-state index < -0.39 is 23.8 Å². The Morgan fingerprint density at radius 2 is 1.89 bits per heavy atom. The number of carboxylic acids is 1. The molecule has 0 aliphatic rings. The molecule has 4 heteroatoms. The second-order valence-electron chi connectivity index (χ2n) is 4.59. The summed E-state index contributed by atoms with van der Waals surface area (Å²) in [6.45, 7) is 3.84. The zero-order valence-corrected chi connectivity index (χ0v) is 11.3. The highest BCUT2D eigenvalue weighted by atomic mass is 16.5. The lowest BCUT2D eigenvalue weighted by Gasteiger charge is -2.19. The van der Waals surface area contributed by atoms with Gasteiger partial charge in [0.25, 0.3) is 0 Å². The molecular formula is C15H20O4. The first kappa shape index (κ1) is 15.2. The fraction of sp³-hybridized carbons (Fsp3) is 0.467. The minimum Gasteiger partial charge on any atom is -0.481 e. The van der Waals surface area contributed by atoms with Gasteiger partial charge in [-0.1, -0.05) is 44.2 Å². The van der Waals surface area contributed by atoms with Crippen LogP contribution in [0.2, 0.25) is 0 Å². The SMILES string of the molecule is CCCOC(=O)[C@H](C)[C@H](Cc1ccccc1)C(=O)O. The molecule has 0 saturated heterocycles. The highest BCUT2D eigenvalue weighted by molar-refractivity contribution is 5.81. The summed E-state index contributed by atoms with van der Waals surface area (Å²) < 4.78 is 5.02. The molecular weight excluding hydrogens is 244 g/mol. The zero-order valence-electron chi connectivity index (χ0n) is 11.3. The molecule has 4 nitrogen and oxygen atoms in total. The molecule has 0 saturated carbocycles. The number of ether oxygens (including phenoxy) is 1. The van der Waals surface area contributed by atoms with Crippen LogP contribution in [0.3, 0.4) is 0 Å². The maximum absolute atomic E-state index is 11.8. The van der Waals surface area contributed by atoms with Gasteiger partial charge >= 0.3 is 11.9 Å². The molecule has 0 fully saturated rings. The van der Waals surface area contributed by atoms with Crippen molar-refractivity contribution in [1.82, 2.24) is 0 Å². The van der Waals surface area contributed by atoms with Crippen LogP contribution in [0, 0.1) is 11.8 Å². The van der Waals surface area contributed by atoms with Crippen LogP contribution in [0.4, 0.5) is 0 Å². The molecule has 1 N–H and O–H groups in total. The van der Waals surface area contributed by atoms with Gasteiger partial charge < -0.3 is 9.84 Å². The van der Waals surface area contributed by atoms with Gasteiger partial charge in [0.05, 0.1) is 18.4 Å². The molecule has 2 atom stereocenters. The fourth-order valence-electron chi connectivity index (χ4n) is 1.84. The summed E-state index contributed by atoms with van der Waals surface area (Å²) in [5, 5.41) is 9.27. The topological polar surface area (TPSA) is 63.6 Å². The van der Waals surface area contributed by atoms with Gasteiger partial charge in [0, 0.05) is 0 Å². The molecule has 0 aliphatic carbocycles. The van der Waals surface area contributed by atoms with E-state index in [9.17, 15) is 14.7 Å². The minimum absolute atomic E-state index is 0.332. The molecule has 0 amide bonds. The smallest absolute Gasteiger partial charge is 0.309 e. The summed E-state index contributed by atoms with van der Waals surface area (Å²) in [6.07, 6.45) is 1.06. The molecule has 19 heavy (non-hydrogen) atoms. The Labute approximate surface area is 113 Å². The number of aliphatic carboxylic acids is 1. The monoisotopic (exact) mass is 264 g/mol. The third-order valence-corrected chi connectivity index (χ3v) is 3.04. The van der Waals surface area contributed by atoms with Crippen molar-refractivity contribution in [2.75, 3.05) is 6.61 Å². The number of carbonyl (C=O) groups excluding carboxylic acids is 1. The molecule has 0 heterocycles. The van der Waals surface area contributed by atoms with E-state index in [1.807, 2.05) is 37.3 Å². The second-order valence-corrected chi connectivity index (χ2v) is 4.59. The lowest BCUT2D eigenvalue weighted by Crippen LogP contribution is -2.31. The summed E-state index contributed by atoms with van der Waals surface area (Å²) >= 11 is 0. The first-order valence-corrected chi connectivity index (χ1v) is 6.49. The Kier molecular flexibility index (Phi) is 6.06. The number of carboxylic acid groups (broad SMARTS) is 1. The number of hydrogen-bond acceptors (Lipinski definition) is 3. The van der Waals surface area contributed by atoms with Crippen molar-refractivity contribution in [3.63, 3.8) is 0 Å². The van der Waals surface area contributed by atoms with Crippen molar-refractivity contribution in [2.45, 2.75) is 26.7 Å². The molecule has 0 spiro atoms. The van der Waals surface area contributed by atoms with E-state index >= 15 is 0 Å². The van der Waals surface area contributed by atoms with Crippen LogP contribution >= 0.6 is 0 Å². The fourth-order valence-corrected chi connectivity index (χ4v) is 1.84. The zero-order chi connectivity index (χ0) is 14.3. The first-order valence-electron chi connectivity index (χ1n) is 6.49. The third kappa shape index (κ3) is 4.73. The Hall–Kier alpha value is -1.84. The Morgan fingerprint density at radius 3 is 2.42 bits per heavy atom. The average Bonchev–Trinajstić information content (AvgIpc) is 2.42. The maximum atomic E-state index is 11.8. The molecule has 0 aliphatic heterocycles. The first-order chi connectivity index (χ1) is 9.06. The Balaban J connectivity index is 2.72. The van der Waals surface area contributed by atoms with E-state index in [1.165, 1.54) is 0 Å². The van der Waals surface area contributed by atoms with Crippen molar-refractivity contribution in [3.05, 3.63) is 35.9 Å². The summed E-state index contributed by atoms with van der Waals surface area (Å²) in [5.74, 6) is -2.81. The van der Waals surface area contributed by atoms with Crippen molar-refractivity contribution in [1.29, 1.82) is 0 Å². The minimum atomic E-state index is -0.968. The van der Waals surface area contributed by atoms with E-state index in [0.717, 1.165) is 12.0 Å². The normalized spacial score (nSPS) is 13.6. The lowest BCUT2D eigenvalue weighted by molar-refractivity contribution is -0.157. The second kappa shape index (κ2) is 7.56. The van der Waals surface area contributed by atoms with Gasteiger partial charge in [-0.3, -0.25) is 9.59 Å². The van der Waals surface area contributed by atoms with E-state index in [2.05, 4.69) is 0 Å². The van der Waals surface area contributed by atoms with E-state index in [-0.39, 0.29) is 0 Å². The predicted molar refractivity (Wildman–Crippen MR) is 71.7 cm³/mol. The van der Waals surface area contributed by atoms with Crippen LogP contribution in [0.5, 0.6) is 0 Å². The van der Waals surface area contributed by atoms with Gasteiger partial charge in [-0.15, -0.1) is 0 Å². The average molecular weight is 264 g/mol. The number of rotatable bonds is 7. The van der Waals surface area contributed by atoms with Crippen LogP contribution in [-0.4, -0.2) is 23.7 Å². The molecule has 104 valence electrons. The largest absolute Gasteiger partial charge is 0.481 e. The van der Waals surface area contributed by atoms with Crippen molar-refractivity contribution in [2.24, 2.45) is 11.8 Å². The van der Waals surface area contributed by atoms with Gasteiger partial charge in [0.15, 0.2) is 0 Å². The predicted octanol–water partition coefficient (Wildman–Crippen LogP) is 2.52. The molecule has 1 aromatic rings. The standard InChI is InChI=1S/C15H20O4/c1-3-9-19-15(18)11(2)13(14(16)17)10-12-7-5-4-6-8-12/h4-8,11,13H,3,9-10H2,1-2H3,(H,16,17)/t11-,13+/m1/s1. The van der Waals surface area contributed by atoms with E-state index in [4.69, 9.17) is 4.74 Å². The quantitative estimate of drug-likeness (QED) is 0.769. The van der Waals surface area contributed by atoms with Crippen LogP contribution < -0.4 is 0 Å². The number of hydrogen-bond donors (Lipinski definition) is 1. The number of esters is 1. The van der Waals surface area contributed by atoms with Crippen molar-refractivity contribution in [3.8, 4) is 0 Å². The molecule has 0 aromatic heterocycles. The van der Waals surface area contributed by atoms with Crippen molar-refractivity contribution < 1.29 is 19.4 Å². The van der Waals surface area contributed by atoms with Crippen LogP contribution in [-0.2, 0) is 20.7 Å². The Morgan fingerprint density at radius 1 is 1.26 bits per heavy atom. The van der Waals surface area contributed by atoms with E-state index in [1.54, 1.807) is 6.92 Å². The number of benzene rings is 1. The molecule has 1 aromatic carbocycles. The molecule has 0 radical (unpaired) electrons. The highest BCUT2D eigenvalue weighted by Crippen LogP contribution is 2.19. The van der Waals surface area contributed by atoms with Gasteiger partial charge in [0.1, 0.15) is 0 Å². The van der Waals surface area contributed by atoms with Gasteiger partial charge in [0.2, 0.25) is 0 Å². The lowest BCUT2D eigenvalue weighted by atomic mass is 9.88. The molecule has 1 rings (SSSR count). The summed E-state index contributed by atoms with van der Waals surface area (Å²) in [4.78, 5) is 23.1. The van der Waals surface area contributed by atoms with Crippen LogP contribution in [0.15, 0.2) is 30.3 Å². The summed E-state index contributed by atoms with van der Waals surface area (Å²) in [6, 6.07) is 9.31. The van der Waals surface area contributed by atoms with Gasteiger partial charge in [-0.2, -0.15) is 0 Å². The Bertz CT molecular complexity index is 413. The van der Waals surface area contributed by atoms with Crippen LogP contribution in [0.1, 0.15) is 25.8 Å². The maximum Gasteiger partial charge on any atom is 0.309 e. The summed E-state index contributed by atoms with van der Waals surface area (Å²) in [7, 11) is 0. The van der Waals surface area contributed by atoms with Crippen molar-refractivity contribution >= 4 is 11.9 Å². The van der Waals surface area contributed by atoms with Crippen LogP contribution in [0.25, 0.3) is 0 Å². The summed E-state index contributed by atoms with van der Waals surface area (Å²) in [5.41, 5.74) is 0.907. The molecule has 0 bridgehead atoms. The molecule has 0 unspecified atom stereocenters.